The van der Waals surface area contributed by atoms with Gasteiger partial charge in [0.15, 0.2) is 0 Å². The smallest absolute Gasteiger partial charge is 0.339 e. The van der Waals surface area contributed by atoms with Crippen molar-refractivity contribution in [2.45, 2.75) is 20.3 Å². The minimum atomic E-state index is -0.233. The summed E-state index contributed by atoms with van der Waals surface area (Å²) in [5.41, 5.74) is 2.71. The van der Waals surface area contributed by atoms with Gasteiger partial charge >= 0.3 is 5.97 Å². The molecule has 84 valence electrons. The van der Waals surface area contributed by atoms with Crippen molar-refractivity contribution < 1.29 is 9.53 Å². The van der Waals surface area contributed by atoms with Crippen LogP contribution in [0.2, 0.25) is 0 Å². The number of rotatable bonds is 3. The van der Waals surface area contributed by atoms with Gasteiger partial charge in [-0.3, -0.25) is 0 Å². The monoisotopic (exact) mass is 217 g/mol. The number of esters is 1. The molecule has 2 heterocycles. The van der Waals surface area contributed by atoms with Crippen molar-refractivity contribution in [2.24, 2.45) is 0 Å². The molecule has 0 atom stereocenters. The van der Waals surface area contributed by atoms with Crippen LogP contribution < -0.4 is 0 Å². The van der Waals surface area contributed by atoms with Crippen LogP contribution in [0.5, 0.6) is 0 Å². The number of carbonyl (C=O) groups is 1. The first-order chi connectivity index (χ1) is 7.77. The Morgan fingerprint density at radius 3 is 2.88 bits per heavy atom. The van der Waals surface area contributed by atoms with Crippen LogP contribution in [0, 0.1) is 0 Å². The van der Waals surface area contributed by atoms with Crippen molar-refractivity contribution in [1.82, 2.24) is 4.40 Å². The number of hydrogen-bond acceptors (Lipinski definition) is 2. The Morgan fingerprint density at radius 1 is 1.38 bits per heavy atom. The molecule has 0 aliphatic rings. The largest absolute Gasteiger partial charge is 0.462 e. The Labute approximate surface area is 94.6 Å². The molecule has 0 bridgehead atoms. The summed E-state index contributed by atoms with van der Waals surface area (Å²) in [6.45, 7) is 4.27. The van der Waals surface area contributed by atoms with Gasteiger partial charge in [-0.1, -0.05) is 13.0 Å². The molecule has 2 aromatic rings. The predicted octanol–water partition coefficient (Wildman–Crippen LogP) is 2.68. The highest BCUT2D eigenvalue weighted by Gasteiger charge is 2.15. The van der Waals surface area contributed by atoms with E-state index in [0.29, 0.717) is 12.2 Å². The minimum absolute atomic E-state index is 0.233. The topological polar surface area (TPSA) is 30.7 Å². The number of pyridine rings is 1. The third-order valence-corrected chi connectivity index (χ3v) is 2.62. The van der Waals surface area contributed by atoms with Gasteiger partial charge in [0.05, 0.1) is 12.2 Å². The van der Waals surface area contributed by atoms with Gasteiger partial charge in [0.25, 0.3) is 0 Å². The molecule has 0 radical (unpaired) electrons. The van der Waals surface area contributed by atoms with E-state index in [1.165, 1.54) is 0 Å². The van der Waals surface area contributed by atoms with E-state index in [1.54, 1.807) is 0 Å². The van der Waals surface area contributed by atoms with Gasteiger partial charge < -0.3 is 9.14 Å². The van der Waals surface area contributed by atoms with E-state index in [2.05, 4.69) is 0 Å². The molecular weight excluding hydrogens is 202 g/mol. The molecule has 0 saturated heterocycles. The third-order valence-electron chi connectivity index (χ3n) is 2.62. The van der Waals surface area contributed by atoms with Crippen molar-refractivity contribution in [3.05, 3.63) is 41.7 Å². The van der Waals surface area contributed by atoms with Crippen molar-refractivity contribution in [3.8, 4) is 0 Å². The molecule has 0 saturated carbocycles. The molecule has 0 unspecified atom stereocenters. The van der Waals surface area contributed by atoms with Crippen molar-refractivity contribution >= 4 is 11.5 Å². The SMILES string of the molecule is CCOC(=O)c1cc2ccccn2c1CC. The lowest BCUT2D eigenvalue weighted by molar-refractivity contribution is 0.0525. The maximum absolute atomic E-state index is 11.8. The van der Waals surface area contributed by atoms with E-state index >= 15 is 0 Å². The quantitative estimate of drug-likeness (QED) is 0.740. The summed E-state index contributed by atoms with van der Waals surface area (Å²) in [5.74, 6) is -0.233. The Balaban J connectivity index is 2.56. The number of fused-ring (bicyclic) bond motifs is 1. The Hall–Kier alpha value is -1.77. The van der Waals surface area contributed by atoms with Crippen LogP contribution in [0.1, 0.15) is 29.9 Å². The van der Waals surface area contributed by atoms with Gasteiger partial charge in [0, 0.05) is 17.4 Å². The predicted molar refractivity (Wildman–Crippen MR) is 62.7 cm³/mol. The van der Waals surface area contributed by atoms with Crippen LogP contribution in [-0.4, -0.2) is 17.0 Å². The molecule has 0 fully saturated rings. The molecule has 0 N–H and O–H groups in total. The Kier molecular flexibility index (Phi) is 2.95. The van der Waals surface area contributed by atoms with E-state index in [-0.39, 0.29) is 5.97 Å². The zero-order valence-corrected chi connectivity index (χ0v) is 9.56. The normalized spacial score (nSPS) is 10.6. The van der Waals surface area contributed by atoms with Gasteiger partial charge in [-0.05, 0) is 31.5 Å². The first-order valence-electron chi connectivity index (χ1n) is 5.54. The number of nitrogens with zero attached hydrogens (tertiary/aromatic N) is 1. The van der Waals surface area contributed by atoms with E-state index < -0.39 is 0 Å². The van der Waals surface area contributed by atoms with Gasteiger partial charge in [0.2, 0.25) is 0 Å². The summed E-state index contributed by atoms with van der Waals surface area (Å²) in [6.07, 6.45) is 2.78. The van der Waals surface area contributed by atoms with Crippen LogP contribution in [0.15, 0.2) is 30.5 Å². The molecule has 2 rings (SSSR count). The summed E-state index contributed by atoms with van der Waals surface area (Å²) < 4.78 is 7.08. The van der Waals surface area contributed by atoms with Crippen LogP contribution >= 0.6 is 0 Å². The van der Waals surface area contributed by atoms with Crippen molar-refractivity contribution in [2.75, 3.05) is 6.61 Å². The molecule has 16 heavy (non-hydrogen) atoms. The number of ether oxygens (including phenoxy) is 1. The van der Waals surface area contributed by atoms with Gasteiger partial charge in [-0.25, -0.2) is 4.79 Å². The first-order valence-corrected chi connectivity index (χ1v) is 5.54. The van der Waals surface area contributed by atoms with Gasteiger partial charge in [-0.15, -0.1) is 0 Å². The fourth-order valence-electron chi connectivity index (χ4n) is 1.93. The number of aromatic nitrogens is 1. The fourth-order valence-corrected chi connectivity index (χ4v) is 1.93. The lowest BCUT2D eigenvalue weighted by Gasteiger charge is -2.03. The molecule has 0 aromatic carbocycles. The lowest BCUT2D eigenvalue weighted by Crippen LogP contribution is -2.06. The molecule has 0 amide bonds. The highest BCUT2D eigenvalue weighted by atomic mass is 16.5. The molecule has 2 aromatic heterocycles. The second-order valence-electron chi connectivity index (χ2n) is 3.57. The van der Waals surface area contributed by atoms with Gasteiger partial charge in [0.1, 0.15) is 0 Å². The van der Waals surface area contributed by atoms with E-state index in [1.807, 2.05) is 48.7 Å². The Morgan fingerprint density at radius 2 is 2.19 bits per heavy atom. The summed E-state index contributed by atoms with van der Waals surface area (Å²) >= 11 is 0. The maximum Gasteiger partial charge on any atom is 0.339 e. The fraction of sp³-hybridized carbons (Fsp3) is 0.308. The second kappa shape index (κ2) is 4.39. The van der Waals surface area contributed by atoms with Crippen molar-refractivity contribution in [3.63, 3.8) is 0 Å². The second-order valence-corrected chi connectivity index (χ2v) is 3.57. The minimum Gasteiger partial charge on any atom is -0.462 e. The highest BCUT2D eigenvalue weighted by Crippen LogP contribution is 2.18. The van der Waals surface area contributed by atoms with Crippen LogP contribution in [0.4, 0.5) is 0 Å². The molecule has 0 aliphatic carbocycles. The summed E-state index contributed by atoms with van der Waals surface area (Å²) in [4.78, 5) is 11.8. The summed E-state index contributed by atoms with van der Waals surface area (Å²) in [5, 5.41) is 0. The lowest BCUT2D eigenvalue weighted by atomic mass is 10.2. The Bertz CT molecular complexity index is 514. The molecule has 0 aliphatic heterocycles. The molecule has 3 heteroatoms. The van der Waals surface area contributed by atoms with Crippen LogP contribution in [-0.2, 0) is 11.2 Å². The van der Waals surface area contributed by atoms with E-state index in [0.717, 1.165) is 17.6 Å². The average molecular weight is 217 g/mol. The summed E-state index contributed by atoms with van der Waals surface area (Å²) in [7, 11) is 0. The van der Waals surface area contributed by atoms with Crippen LogP contribution in [0.25, 0.3) is 5.52 Å². The highest BCUT2D eigenvalue weighted by molar-refractivity contribution is 5.93. The van der Waals surface area contributed by atoms with Crippen LogP contribution in [0.3, 0.4) is 0 Å². The average Bonchev–Trinajstić information content (AvgIpc) is 2.67. The number of hydrogen-bond donors (Lipinski definition) is 0. The van der Waals surface area contributed by atoms with E-state index in [9.17, 15) is 4.79 Å². The molecular formula is C13H15NO2. The van der Waals surface area contributed by atoms with E-state index in [4.69, 9.17) is 4.74 Å². The van der Waals surface area contributed by atoms with Crippen molar-refractivity contribution in [1.29, 1.82) is 0 Å². The zero-order valence-electron chi connectivity index (χ0n) is 9.56. The molecule has 3 nitrogen and oxygen atoms in total. The number of aryl methyl sites for hydroxylation is 1. The number of carbonyl (C=O) groups excluding carboxylic acids is 1. The van der Waals surface area contributed by atoms with Gasteiger partial charge in [-0.2, -0.15) is 0 Å². The zero-order chi connectivity index (χ0) is 11.5. The maximum atomic E-state index is 11.8. The standard InChI is InChI=1S/C13H15NO2/c1-3-12-11(13(15)16-4-2)9-10-7-5-6-8-14(10)12/h5-9H,3-4H2,1-2H3. The molecule has 0 spiro atoms. The first kappa shape index (κ1) is 10.7. The third kappa shape index (κ3) is 1.69. The summed E-state index contributed by atoms with van der Waals surface area (Å²) in [6, 6.07) is 7.80.